The molecule has 128 valence electrons. The number of nitrogens with zero attached hydrogens (tertiary/aromatic N) is 1. The fraction of sp³-hybridized carbons (Fsp3) is 0.200. The molecule has 2 aromatic rings. The number of allylic oxidation sites excluding steroid dienone is 2. The molecule has 0 saturated carbocycles. The molecular weight excluding hydrogens is 334 g/mol. The van der Waals surface area contributed by atoms with E-state index in [1.54, 1.807) is 12.4 Å². The van der Waals surface area contributed by atoms with Crippen molar-refractivity contribution in [1.82, 2.24) is 10.3 Å². The molecular formula is C20H20ClN3O. The Balaban J connectivity index is 1.79. The molecule has 0 atom stereocenters. The number of hydrogen-bond acceptors (Lipinski definition) is 4. The number of carbonyl (C=O) groups is 1. The van der Waals surface area contributed by atoms with Crippen LogP contribution in [0.3, 0.4) is 0 Å². The van der Waals surface area contributed by atoms with Crippen molar-refractivity contribution in [2.45, 2.75) is 25.8 Å². The van der Waals surface area contributed by atoms with Crippen molar-refractivity contribution in [3.63, 3.8) is 0 Å². The Hall–Kier alpha value is -2.59. The summed E-state index contributed by atoms with van der Waals surface area (Å²) in [5.41, 5.74) is 4.05. The van der Waals surface area contributed by atoms with Crippen LogP contribution in [-0.4, -0.2) is 10.8 Å². The van der Waals surface area contributed by atoms with E-state index in [4.69, 9.17) is 11.6 Å². The molecule has 0 aliphatic heterocycles. The van der Waals surface area contributed by atoms with E-state index in [1.807, 2.05) is 36.4 Å². The maximum absolute atomic E-state index is 12.5. The lowest BCUT2D eigenvalue weighted by molar-refractivity contribution is -0.115. The van der Waals surface area contributed by atoms with Gasteiger partial charge in [-0.15, -0.1) is 0 Å². The number of Topliss-reactive ketones (excluding diaryl/α,β-unsaturated/α-hetero) is 1. The van der Waals surface area contributed by atoms with Gasteiger partial charge in [-0.1, -0.05) is 36.4 Å². The Morgan fingerprint density at radius 3 is 2.76 bits per heavy atom. The lowest BCUT2D eigenvalue weighted by Crippen LogP contribution is -2.24. The van der Waals surface area contributed by atoms with Crippen LogP contribution in [0.2, 0.25) is 5.02 Å². The third-order valence-corrected chi connectivity index (χ3v) is 4.47. The monoisotopic (exact) mass is 353 g/mol. The second-order valence-corrected chi connectivity index (χ2v) is 6.33. The highest BCUT2D eigenvalue weighted by Crippen LogP contribution is 2.27. The van der Waals surface area contributed by atoms with Crippen molar-refractivity contribution in [3.05, 3.63) is 82.9 Å². The number of carbonyl (C=O) groups excluding carboxylic acids is 1. The van der Waals surface area contributed by atoms with Crippen molar-refractivity contribution in [2.24, 2.45) is 0 Å². The summed E-state index contributed by atoms with van der Waals surface area (Å²) in [5.74, 6) is 0.114. The quantitative estimate of drug-likeness (QED) is 0.805. The summed E-state index contributed by atoms with van der Waals surface area (Å²) in [7, 11) is 0. The van der Waals surface area contributed by atoms with Crippen LogP contribution in [0, 0.1) is 0 Å². The molecule has 0 fully saturated rings. The van der Waals surface area contributed by atoms with E-state index in [-0.39, 0.29) is 5.78 Å². The van der Waals surface area contributed by atoms with Crippen LogP contribution < -0.4 is 10.6 Å². The second kappa shape index (κ2) is 7.99. The first-order valence-corrected chi connectivity index (χ1v) is 8.63. The number of nitrogens with one attached hydrogen (secondary N) is 2. The van der Waals surface area contributed by atoms with E-state index in [2.05, 4.69) is 22.2 Å². The topological polar surface area (TPSA) is 54.0 Å². The smallest absolute Gasteiger partial charge is 0.166 e. The molecule has 3 rings (SSSR count). The molecule has 1 aliphatic rings. The summed E-state index contributed by atoms with van der Waals surface area (Å²) in [4.78, 5) is 16.5. The summed E-state index contributed by atoms with van der Waals surface area (Å²) < 4.78 is 0. The van der Waals surface area contributed by atoms with Crippen molar-refractivity contribution < 1.29 is 4.79 Å². The maximum Gasteiger partial charge on any atom is 0.166 e. The number of ketones is 1. The van der Waals surface area contributed by atoms with Gasteiger partial charge in [-0.3, -0.25) is 9.78 Å². The van der Waals surface area contributed by atoms with E-state index in [0.717, 1.165) is 29.8 Å². The van der Waals surface area contributed by atoms with Crippen LogP contribution in [0.5, 0.6) is 0 Å². The summed E-state index contributed by atoms with van der Waals surface area (Å²) in [6.45, 7) is 4.63. The summed E-state index contributed by atoms with van der Waals surface area (Å²) >= 11 is 6.16. The number of anilines is 1. The Kier molecular flexibility index (Phi) is 5.51. The first-order valence-electron chi connectivity index (χ1n) is 8.25. The van der Waals surface area contributed by atoms with Crippen LogP contribution >= 0.6 is 11.6 Å². The minimum Gasteiger partial charge on any atom is -0.384 e. The Labute approximate surface area is 152 Å². The number of rotatable bonds is 6. The van der Waals surface area contributed by atoms with Gasteiger partial charge in [-0.25, -0.2) is 0 Å². The van der Waals surface area contributed by atoms with E-state index in [0.29, 0.717) is 29.3 Å². The van der Waals surface area contributed by atoms with E-state index in [1.165, 1.54) is 0 Å². The van der Waals surface area contributed by atoms with Gasteiger partial charge in [-0.2, -0.15) is 0 Å². The number of pyridine rings is 1. The van der Waals surface area contributed by atoms with Gasteiger partial charge in [0.15, 0.2) is 5.78 Å². The lowest BCUT2D eigenvalue weighted by Gasteiger charge is -2.23. The van der Waals surface area contributed by atoms with Crippen LogP contribution in [0.4, 0.5) is 5.69 Å². The highest BCUT2D eigenvalue weighted by Gasteiger charge is 2.23. The van der Waals surface area contributed by atoms with E-state index in [9.17, 15) is 4.79 Å². The van der Waals surface area contributed by atoms with Gasteiger partial charge in [0.25, 0.3) is 0 Å². The first-order chi connectivity index (χ1) is 12.1. The molecule has 0 unspecified atom stereocenters. The number of para-hydroxylation sites is 1. The maximum atomic E-state index is 12.5. The molecule has 0 bridgehead atoms. The van der Waals surface area contributed by atoms with Crippen molar-refractivity contribution in [2.75, 3.05) is 5.32 Å². The summed E-state index contributed by atoms with van der Waals surface area (Å²) in [6.07, 6.45) is 5.54. The molecule has 25 heavy (non-hydrogen) atoms. The molecule has 0 spiro atoms. The minimum atomic E-state index is 0.114. The zero-order valence-electron chi connectivity index (χ0n) is 13.9. The molecule has 1 heterocycles. The number of benzene rings is 1. The van der Waals surface area contributed by atoms with Crippen molar-refractivity contribution >= 4 is 23.1 Å². The Bertz CT molecular complexity index is 815. The number of halogens is 1. The molecule has 0 saturated heterocycles. The van der Waals surface area contributed by atoms with Crippen molar-refractivity contribution in [3.8, 4) is 0 Å². The average Bonchev–Trinajstić information content (AvgIpc) is 2.62. The van der Waals surface area contributed by atoms with Gasteiger partial charge in [0.1, 0.15) is 0 Å². The van der Waals surface area contributed by atoms with Gasteiger partial charge in [0, 0.05) is 42.4 Å². The summed E-state index contributed by atoms with van der Waals surface area (Å²) in [6, 6.07) is 11.6. The SMILES string of the molecule is C=C(Nc1ccccc1)C1=C(NCc2ccncc2Cl)CCCC1=O. The molecule has 4 nitrogen and oxygen atoms in total. The Morgan fingerprint density at radius 1 is 1.20 bits per heavy atom. The molecule has 0 amide bonds. The minimum absolute atomic E-state index is 0.114. The summed E-state index contributed by atoms with van der Waals surface area (Å²) in [5, 5.41) is 7.22. The zero-order chi connectivity index (χ0) is 17.6. The normalized spacial score (nSPS) is 14.4. The molecule has 5 heteroatoms. The fourth-order valence-electron chi connectivity index (χ4n) is 2.88. The van der Waals surface area contributed by atoms with Crippen LogP contribution in [0.25, 0.3) is 0 Å². The third-order valence-electron chi connectivity index (χ3n) is 4.13. The highest BCUT2D eigenvalue weighted by atomic mass is 35.5. The predicted molar refractivity (Wildman–Crippen MR) is 101 cm³/mol. The lowest BCUT2D eigenvalue weighted by atomic mass is 9.92. The molecule has 1 aliphatic carbocycles. The van der Waals surface area contributed by atoms with Crippen LogP contribution in [0.1, 0.15) is 24.8 Å². The predicted octanol–water partition coefficient (Wildman–Crippen LogP) is 4.46. The van der Waals surface area contributed by atoms with Gasteiger partial charge in [-0.05, 0) is 36.6 Å². The van der Waals surface area contributed by atoms with E-state index >= 15 is 0 Å². The van der Waals surface area contributed by atoms with Crippen LogP contribution in [-0.2, 0) is 11.3 Å². The average molecular weight is 354 g/mol. The third kappa shape index (κ3) is 4.28. The van der Waals surface area contributed by atoms with Gasteiger partial charge < -0.3 is 10.6 Å². The second-order valence-electron chi connectivity index (χ2n) is 5.92. The Morgan fingerprint density at radius 2 is 2.00 bits per heavy atom. The first kappa shape index (κ1) is 17.2. The van der Waals surface area contributed by atoms with E-state index < -0.39 is 0 Å². The molecule has 1 aromatic heterocycles. The standard InChI is InChI=1S/C20H20ClN3O/c1-14(24-16-6-3-2-4-7-16)20-18(8-5-9-19(20)25)23-12-15-10-11-22-13-17(15)21/h2-4,6-7,10-11,13,23-24H,1,5,8-9,12H2. The van der Waals surface area contributed by atoms with Crippen LogP contribution in [0.15, 0.2) is 72.3 Å². The fourth-order valence-corrected chi connectivity index (χ4v) is 3.06. The number of aromatic nitrogens is 1. The molecule has 2 N–H and O–H groups in total. The van der Waals surface area contributed by atoms with Crippen molar-refractivity contribution in [1.29, 1.82) is 0 Å². The number of hydrogen-bond donors (Lipinski definition) is 2. The highest BCUT2D eigenvalue weighted by molar-refractivity contribution is 6.31. The van der Waals surface area contributed by atoms with Gasteiger partial charge in [0.05, 0.1) is 10.6 Å². The van der Waals surface area contributed by atoms with Gasteiger partial charge in [0.2, 0.25) is 0 Å². The zero-order valence-corrected chi connectivity index (χ0v) is 14.6. The van der Waals surface area contributed by atoms with Gasteiger partial charge >= 0.3 is 0 Å². The molecule has 1 aromatic carbocycles. The molecule has 0 radical (unpaired) electrons. The largest absolute Gasteiger partial charge is 0.384 e.